The Bertz CT molecular complexity index is 313. The van der Waals surface area contributed by atoms with Crippen LogP contribution in [0.15, 0.2) is 11.4 Å². The summed E-state index contributed by atoms with van der Waals surface area (Å²) < 4.78 is 5.62. The van der Waals surface area contributed by atoms with Gasteiger partial charge in [-0.2, -0.15) is 0 Å². The molecule has 78 valence electrons. The third-order valence-electron chi connectivity index (χ3n) is 2.63. The van der Waals surface area contributed by atoms with E-state index in [1.165, 1.54) is 0 Å². The normalized spacial score (nSPS) is 29.4. The van der Waals surface area contributed by atoms with Crippen LogP contribution >= 0.6 is 34.5 Å². The van der Waals surface area contributed by atoms with E-state index in [0.717, 1.165) is 22.9 Å². The van der Waals surface area contributed by atoms with E-state index in [2.05, 4.69) is 6.92 Å². The molecule has 0 amide bonds. The SMILES string of the molecule is CC1CCOC1C(Cl)c1sccc1Cl. The maximum atomic E-state index is 6.35. The molecule has 3 unspecified atom stereocenters. The zero-order chi connectivity index (χ0) is 10.1. The maximum absolute atomic E-state index is 6.35. The van der Waals surface area contributed by atoms with Crippen LogP contribution in [0.5, 0.6) is 0 Å². The van der Waals surface area contributed by atoms with E-state index in [9.17, 15) is 0 Å². The van der Waals surface area contributed by atoms with E-state index in [4.69, 9.17) is 27.9 Å². The minimum atomic E-state index is -0.0972. The summed E-state index contributed by atoms with van der Waals surface area (Å²) in [7, 11) is 0. The first-order valence-corrected chi connectivity index (χ1v) is 6.38. The van der Waals surface area contributed by atoms with Gasteiger partial charge in [-0.15, -0.1) is 22.9 Å². The van der Waals surface area contributed by atoms with Crippen molar-refractivity contribution in [3.05, 3.63) is 21.3 Å². The zero-order valence-corrected chi connectivity index (χ0v) is 10.2. The molecule has 2 rings (SSSR count). The number of ether oxygens (including phenoxy) is 1. The summed E-state index contributed by atoms with van der Waals surface area (Å²) in [6.45, 7) is 2.99. The van der Waals surface area contributed by atoms with Crippen LogP contribution in [0.1, 0.15) is 23.6 Å². The number of alkyl halides is 1. The molecule has 0 bridgehead atoms. The molecule has 1 nitrogen and oxygen atoms in total. The highest BCUT2D eigenvalue weighted by atomic mass is 35.5. The molecule has 0 aromatic carbocycles. The molecule has 1 aromatic rings. The van der Waals surface area contributed by atoms with Crippen LogP contribution in [0.25, 0.3) is 0 Å². The Kier molecular flexibility index (Phi) is 3.38. The van der Waals surface area contributed by atoms with Gasteiger partial charge in [0.1, 0.15) is 0 Å². The Labute approximate surface area is 98.0 Å². The van der Waals surface area contributed by atoms with E-state index in [-0.39, 0.29) is 11.5 Å². The van der Waals surface area contributed by atoms with Crippen molar-refractivity contribution in [2.24, 2.45) is 5.92 Å². The van der Waals surface area contributed by atoms with E-state index in [1.807, 2.05) is 11.4 Å². The van der Waals surface area contributed by atoms with E-state index < -0.39 is 0 Å². The molecule has 0 spiro atoms. The third-order valence-corrected chi connectivity index (χ3v) is 4.67. The van der Waals surface area contributed by atoms with Gasteiger partial charge in [0.2, 0.25) is 0 Å². The summed E-state index contributed by atoms with van der Waals surface area (Å²) >= 11 is 14.0. The second-order valence-corrected chi connectivity index (χ2v) is 5.46. The number of hydrogen-bond acceptors (Lipinski definition) is 2. The average Bonchev–Trinajstić information content (AvgIpc) is 2.73. The molecule has 0 aliphatic carbocycles. The van der Waals surface area contributed by atoms with Crippen molar-refractivity contribution in [3.8, 4) is 0 Å². The molecule has 1 saturated heterocycles. The van der Waals surface area contributed by atoms with Crippen LogP contribution < -0.4 is 0 Å². The smallest absolute Gasteiger partial charge is 0.0957 e. The molecule has 0 N–H and O–H groups in total. The lowest BCUT2D eigenvalue weighted by molar-refractivity contribution is 0.0910. The van der Waals surface area contributed by atoms with Crippen LogP contribution in [-0.2, 0) is 4.74 Å². The molecule has 0 radical (unpaired) electrons. The fourth-order valence-corrected chi connectivity index (χ4v) is 3.58. The van der Waals surface area contributed by atoms with Crippen molar-refractivity contribution in [1.82, 2.24) is 0 Å². The summed E-state index contributed by atoms with van der Waals surface area (Å²) in [5, 5.41) is 2.63. The molecule has 4 heteroatoms. The lowest BCUT2D eigenvalue weighted by atomic mass is 10.0. The van der Waals surface area contributed by atoms with Gasteiger partial charge in [-0.05, 0) is 23.8 Å². The van der Waals surface area contributed by atoms with E-state index in [0.29, 0.717) is 5.92 Å². The third kappa shape index (κ3) is 1.94. The van der Waals surface area contributed by atoms with Crippen molar-refractivity contribution in [1.29, 1.82) is 0 Å². The molecule has 1 aliphatic heterocycles. The van der Waals surface area contributed by atoms with Crippen LogP contribution in [0.2, 0.25) is 5.02 Å². The first-order chi connectivity index (χ1) is 6.70. The zero-order valence-electron chi connectivity index (χ0n) is 7.87. The highest BCUT2D eigenvalue weighted by Gasteiger charge is 2.33. The van der Waals surface area contributed by atoms with Gasteiger partial charge in [0.25, 0.3) is 0 Å². The lowest BCUT2D eigenvalue weighted by Gasteiger charge is -2.19. The summed E-state index contributed by atoms with van der Waals surface area (Å²) in [4.78, 5) is 1.03. The molecule has 3 atom stereocenters. The Morgan fingerprint density at radius 2 is 2.43 bits per heavy atom. The summed E-state index contributed by atoms with van der Waals surface area (Å²) in [6.07, 6.45) is 1.21. The number of halogens is 2. The minimum absolute atomic E-state index is 0.0972. The van der Waals surface area contributed by atoms with E-state index in [1.54, 1.807) is 11.3 Å². The Hall–Kier alpha value is 0.240. The van der Waals surface area contributed by atoms with Gasteiger partial charge >= 0.3 is 0 Å². The van der Waals surface area contributed by atoms with Crippen molar-refractivity contribution in [3.63, 3.8) is 0 Å². The van der Waals surface area contributed by atoms with Crippen LogP contribution in [0.3, 0.4) is 0 Å². The predicted octanol–water partition coefficient (Wildman–Crippen LogP) is 4.11. The number of rotatable bonds is 2. The Morgan fingerprint density at radius 3 is 2.93 bits per heavy atom. The van der Waals surface area contributed by atoms with Crippen molar-refractivity contribution in [2.75, 3.05) is 6.61 Å². The average molecular weight is 251 g/mol. The molecule has 14 heavy (non-hydrogen) atoms. The fraction of sp³-hybridized carbons (Fsp3) is 0.600. The topological polar surface area (TPSA) is 9.23 Å². The lowest BCUT2D eigenvalue weighted by Crippen LogP contribution is -2.18. The number of thiophene rings is 1. The second-order valence-electron chi connectivity index (χ2n) is 3.64. The molecule has 1 aromatic heterocycles. The van der Waals surface area contributed by atoms with Crippen molar-refractivity contribution in [2.45, 2.75) is 24.8 Å². The standard InChI is InChI=1S/C10H12Cl2OS/c1-6-2-4-13-9(6)8(12)10-7(11)3-5-14-10/h3,5-6,8-9H,2,4H2,1H3. The Morgan fingerprint density at radius 1 is 1.64 bits per heavy atom. The molecular weight excluding hydrogens is 239 g/mol. The van der Waals surface area contributed by atoms with Crippen molar-refractivity contribution < 1.29 is 4.74 Å². The van der Waals surface area contributed by atoms with E-state index >= 15 is 0 Å². The monoisotopic (exact) mass is 250 g/mol. The van der Waals surface area contributed by atoms with Crippen molar-refractivity contribution >= 4 is 34.5 Å². The van der Waals surface area contributed by atoms with Gasteiger partial charge in [-0.3, -0.25) is 0 Å². The largest absolute Gasteiger partial charge is 0.376 e. The van der Waals surface area contributed by atoms with Crippen LogP contribution in [-0.4, -0.2) is 12.7 Å². The van der Waals surface area contributed by atoms with Gasteiger partial charge in [-0.1, -0.05) is 18.5 Å². The summed E-state index contributed by atoms with van der Waals surface area (Å²) in [5.41, 5.74) is 0. The molecular formula is C10H12Cl2OS. The second kappa shape index (κ2) is 4.40. The summed E-state index contributed by atoms with van der Waals surface area (Å²) in [6, 6.07) is 1.89. The first-order valence-electron chi connectivity index (χ1n) is 4.68. The van der Waals surface area contributed by atoms with Gasteiger partial charge < -0.3 is 4.74 Å². The van der Waals surface area contributed by atoms with Gasteiger partial charge in [-0.25, -0.2) is 0 Å². The quantitative estimate of drug-likeness (QED) is 0.719. The predicted molar refractivity (Wildman–Crippen MR) is 61.4 cm³/mol. The van der Waals surface area contributed by atoms with Gasteiger partial charge in [0.15, 0.2) is 0 Å². The minimum Gasteiger partial charge on any atom is -0.376 e. The Balaban J connectivity index is 2.15. The summed E-state index contributed by atoms with van der Waals surface area (Å²) in [5.74, 6) is 0.524. The first kappa shape index (κ1) is 10.7. The molecule has 2 heterocycles. The highest BCUT2D eigenvalue weighted by molar-refractivity contribution is 7.11. The van der Waals surface area contributed by atoms with Crippen LogP contribution in [0, 0.1) is 5.92 Å². The van der Waals surface area contributed by atoms with Gasteiger partial charge in [0, 0.05) is 11.5 Å². The highest BCUT2D eigenvalue weighted by Crippen LogP contribution is 2.40. The molecule has 0 saturated carbocycles. The maximum Gasteiger partial charge on any atom is 0.0957 e. The number of hydrogen-bond donors (Lipinski definition) is 0. The molecule has 1 aliphatic rings. The molecule has 1 fully saturated rings. The van der Waals surface area contributed by atoms with Gasteiger partial charge in [0.05, 0.1) is 16.5 Å². The van der Waals surface area contributed by atoms with Crippen LogP contribution in [0.4, 0.5) is 0 Å². The fourth-order valence-electron chi connectivity index (χ4n) is 1.74.